The summed E-state index contributed by atoms with van der Waals surface area (Å²) in [6, 6.07) is 13.2. The first-order chi connectivity index (χ1) is 9.25. The van der Waals surface area contributed by atoms with Crippen LogP contribution in [0.15, 0.2) is 54.9 Å². The van der Waals surface area contributed by atoms with Gasteiger partial charge in [-0.25, -0.2) is 4.98 Å². The lowest BCUT2D eigenvalue weighted by Crippen LogP contribution is -2.12. The molecule has 4 heteroatoms. The Hall–Kier alpha value is -2.75. The molecule has 1 amide bonds. The number of nitrogens with zero attached hydrogens (tertiary/aromatic N) is 2. The quantitative estimate of drug-likeness (QED) is 0.758. The Bertz CT molecular complexity index is 754. The molecule has 92 valence electrons. The van der Waals surface area contributed by atoms with Crippen molar-refractivity contribution in [1.82, 2.24) is 9.97 Å². The zero-order chi connectivity index (χ0) is 13.2. The molecule has 2 aromatic heterocycles. The maximum Gasteiger partial charge on any atom is 0.249 e. The number of amides is 1. The van der Waals surface area contributed by atoms with Gasteiger partial charge in [-0.1, -0.05) is 30.3 Å². The number of fused-ring (bicyclic) bond motifs is 1. The van der Waals surface area contributed by atoms with Gasteiger partial charge in [-0.3, -0.25) is 9.78 Å². The van der Waals surface area contributed by atoms with Crippen molar-refractivity contribution in [2.75, 3.05) is 0 Å². The molecule has 2 N–H and O–H groups in total. The zero-order valence-electron chi connectivity index (χ0n) is 10.1. The number of carbonyl (C=O) groups is 1. The fourth-order valence-electron chi connectivity index (χ4n) is 2.03. The van der Waals surface area contributed by atoms with Gasteiger partial charge >= 0.3 is 0 Å². The number of primary amides is 1. The van der Waals surface area contributed by atoms with Crippen LogP contribution in [0.3, 0.4) is 0 Å². The van der Waals surface area contributed by atoms with Crippen LogP contribution in [0.4, 0.5) is 0 Å². The first-order valence-electron chi connectivity index (χ1n) is 5.86. The third-order valence-electron chi connectivity index (χ3n) is 2.95. The van der Waals surface area contributed by atoms with Crippen molar-refractivity contribution in [3.05, 3.63) is 60.4 Å². The van der Waals surface area contributed by atoms with Gasteiger partial charge in [0.15, 0.2) is 0 Å². The van der Waals surface area contributed by atoms with Gasteiger partial charge < -0.3 is 5.73 Å². The van der Waals surface area contributed by atoms with Crippen LogP contribution in [-0.4, -0.2) is 15.9 Å². The van der Waals surface area contributed by atoms with Gasteiger partial charge in [0.25, 0.3) is 0 Å². The van der Waals surface area contributed by atoms with E-state index in [0.29, 0.717) is 16.5 Å². The van der Waals surface area contributed by atoms with Crippen LogP contribution in [0.5, 0.6) is 0 Å². The monoisotopic (exact) mass is 249 g/mol. The predicted molar refractivity (Wildman–Crippen MR) is 73.5 cm³/mol. The standard InChI is InChI=1S/C15H11N3O/c16-15(19)11-8-14(10-4-2-1-3-5-10)18-13-6-7-17-9-12(11)13/h1-9H,(H2,16,19). The van der Waals surface area contributed by atoms with E-state index < -0.39 is 5.91 Å². The smallest absolute Gasteiger partial charge is 0.249 e. The lowest BCUT2D eigenvalue weighted by atomic mass is 10.1. The summed E-state index contributed by atoms with van der Waals surface area (Å²) in [5, 5.41) is 0.676. The minimum atomic E-state index is -0.474. The number of benzene rings is 1. The lowest BCUT2D eigenvalue weighted by Gasteiger charge is -2.06. The number of rotatable bonds is 2. The van der Waals surface area contributed by atoms with Gasteiger partial charge in [0.1, 0.15) is 0 Å². The maximum absolute atomic E-state index is 11.6. The van der Waals surface area contributed by atoms with Crippen LogP contribution in [0.1, 0.15) is 10.4 Å². The highest BCUT2D eigenvalue weighted by molar-refractivity contribution is 6.06. The van der Waals surface area contributed by atoms with Crippen molar-refractivity contribution >= 4 is 16.8 Å². The molecule has 4 nitrogen and oxygen atoms in total. The second-order valence-corrected chi connectivity index (χ2v) is 4.18. The van der Waals surface area contributed by atoms with Gasteiger partial charge in [0.2, 0.25) is 5.91 Å². The van der Waals surface area contributed by atoms with Gasteiger partial charge in [0.05, 0.1) is 16.8 Å². The third-order valence-corrected chi connectivity index (χ3v) is 2.95. The summed E-state index contributed by atoms with van der Waals surface area (Å²) < 4.78 is 0. The Morgan fingerprint density at radius 2 is 1.89 bits per heavy atom. The molecule has 0 atom stereocenters. The highest BCUT2D eigenvalue weighted by Gasteiger charge is 2.11. The molecule has 0 saturated carbocycles. The largest absolute Gasteiger partial charge is 0.366 e. The fraction of sp³-hybridized carbons (Fsp3) is 0. The Morgan fingerprint density at radius 1 is 1.11 bits per heavy atom. The molecule has 0 aliphatic rings. The van der Waals surface area contributed by atoms with Crippen molar-refractivity contribution in [2.24, 2.45) is 5.73 Å². The maximum atomic E-state index is 11.6. The topological polar surface area (TPSA) is 68.9 Å². The van der Waals surface area contributed by atoms with E-state index in [4.69, 9.17) is 5.73 Å². The third kappa shape index (κ3) is 2.04. The highest BCUT2D eigenvalue weighted by Crippen LogP contribution is 2.23. The Morgan fingerprint density at radius 3 is 2.63 bits per heavy atom. The van der Waals surface area contributed by atoms with Crippen LogP contribution in [-0.2, 0) is 0 Å². The highest BCUT2D eigenvalue weighted by atomic mass is 16.1. The van der Waals surface area contributed by atoms with Crippen molar-refractivity contribution in [2.45, 2.75) is 0 Å². The van der Waals surface area contributed by atoms with Gasteiger partial charge in [0, 0.05) is 23.3 Å². The molecule has 0 aliphatic carbocycles. The molecule has 0 bridgehead atoms. The number of nitrogens with two attached hydrogens (primary N) is 1. The molecule has 0 fully saturated rings. The molecule has 0 saturated heterocycles. The van der Waals surface area contributed by atoms with E-state index in [1.54, 1.807) is 24.5 Å². The van der Waals surface area contributed by atoms with E-state index in [-0.39, 0.29) is 0 Å². The van der Waals surface area contributed by atoms with Crippen molar-refractivity contribution in [1.29, 1.82) is 0 Å². The van der Waals surface area contributed by atoms with Crippen LogP contribution in [0.25, 0.3) is 22.2 Å². The van der Waals surface area contributed by atoms with E-state index in [0.717, 1.165) is 11.3 Å². The number of aromatic nitrogens is 2. The van der Waals surface area contributed by atoms with E-state index in [1.807, 2.05) is 30.3 Å². The van der Waals surface area contributed by atoms with Crippen molar-refractivity contribution in [3.63, 3.8) is 0 Å². The predicted octanol–water partition coefficient (Wildman–Crippen LogP) is 2.40. The Balaban J connectivity index is 2.31. The molecule has 0 radical (unpaired) electrons. The normalized spacial score (nSPS) is 10.5. The van der Waals surface area contributed by atoms with Crippen LogP contribution in [0, 0.1) is 0 Å². The molecule has 3 rings (SSSR count). The minimum Gasteiger partial charge on any atom is -0.366 e. The zero-order valence-corrected chi connectivity index (χ0v) is 10.1. The summed E-state index contributed by atoms with van der Waals surface area (Å²) in [6.07, 6.45) is 3.26. The number of pyridine rings is 2. The summed E-state index contributed by atoms with van der Waals surface area (Å²) in [5.74, 6) is -0.474. The van der Waals surface area contributed by atoms with E-state index in [2.05, 4.69) is 9.97 Å². The second-order valence-electron chi connectivity index (χ2n) is 4.18. The van der Waals surface area contributed by atoms with Crippen molar-refractivity contribution < 1.29 is 4.79 Å². The Kier molecular flexibility index (Phi) is 2.68. The Labute approximate surface area is 109 Å². The molecular formula is C15H11N3O. The molecule has 0 unspecified atom stereocenters. The van der Waals surface area contributed by atoms with Crippen LogP contribution in [0.2, 0.25) is 0 Å². The molecule has 3 aromatic rings. The minimum absolute atomic E-state index is 0.442. The molecule has 1 aromatic carbocycles. The molecule has 19 heavy (non-hydrogen) atoms. The summed E-state index contributed by atoms with van der Waals surface area (Å²) in [7, 11) is 0. The molecule has 0 aliphatic heterocycles. The number of hydrogen-bond donors (Lipinski definition) is 1. The van der Waals surface area contributed by atoms with E-state index in [1.165, 1.54) is 0 Å². The summed E-state index contributed by atoms with van der Waals surface area (Å²) >= 11 is 0. The van der Waals surface area contributed by atoms with E-state index in [9.17, 15) is 4.79 Å². The van der Waals surface area contributed by atoms with Crippen LogP contribution < -0.4 is 5.73 Å². The van der Waals surface area contributed by atoms with Crippen LogP contribution >= 0.6 is 0 Å². The second kappa shape index (κ2) is 4.49. The molecular weight excluding hydrogens is 238 g/mol. The number of hydrogen-bond acceptors (Lipinski definition) is 3. The average Bonchev–Trinajstić information content (AvgIpc) is 2.47. The fourth-order valence-corrected chi connectivity index (χ4v) is 2.03. The first-order valence-corrected chi connectivity index (χ1v) is 5.86. The SMILES string of the molecule is NC(=O)c1cc(-c2ccccc2)nc2ccncc12. The molecule has 0 spiro atoms. The van der Waals surface area contributed by atoms with Gasteiger partial charge in [-0.05, 0) is 12.1 Å². The van der Waals surface area contributed by atoms with Gasteiger partial charge in [-0.2, -0.15) is 0 Å². The van der Waals surface area contributed by atoms with Gasteiger partial charge in [-0.15, -0.1) is 0 Å². The van der Waals surface area contributed by atoms with Crippen molar-refractivity contribution in [3.8, 4) is 11.3 Å². The van der Waals surface area contributed by atoms with E-state index >= 15 is 0 Å². The average molecular weight is 249 g/mol. The lowest BCUT2D eigenvalue weighted by molar-refractivity contribution is 0.100. The molecule has 2 heterocycles. The summed E-state index contributed by atoms with van der Waals surface area (Å²) in [4.78, 5) is 20.1. The number of carbonyl (C=O) groups excluding carboxylic acids is 1. The summed E-state index contributed by atoms with van der Waals surface area (Å²) in [6.45, 7) is 0. The first kappa shape index (κ1) is 11.3. The summed E-state index contributed by atoms with van der Waals surface area (Å²) in [5.41, 5.74) is 8.26.